The maximum Gasteiger partial charge on any atom is 0.224 e. The summed E-state index contributed by atoms with van der Waals surface area (Å²) in [5.74, 6) is 6.10. The van der Waals surface area contributed by atoms with Gasteiger partial charge in [-0.3, -0.25) is 4.79 Å². The fourth-order valence-electron chi connectivity index (χ4n) is 1.62. The van der Waals surface area contributed by atoms with E-state index in [0.717, 1.165) is 5.56 Å². The zero-order chi connectivity index (χ0) is 14.1. The fourth-order valence-corrected chi connectivity index (χ4v) is 1.62. The maximum absolute atomic E-state index is 11.7. The van der Waals surface area contributed by atoms with Gasteiger partial charge in [0, 0.05) is 6.54 Å². The summed E-state index contributed by atoms with van der Waals surface area (Å²) in [5.41, 5.74) is 0.866. The van der Waals surface area contributed by atoms with Crippen LogP contribution in [0.25, 0.3) is 0 Å². The second-order valence-electron chi connectivity index (χ2n) is 3.94. The first-order chi connectivity index (χ1) is 9.21. The van der Waals surface area contributed by atoms with Crippen LogP contribution in [0.15, 0.2) is 18.2 Å². The van der Waals surface area contributed by atoms with Gasteiger partial charge in [-0.1, -0.05) is 6.07 Å². The average molecular weight is 268 g/mol. The zero-order valence-corrected chi connectivity index (χ0v) is 11.3. The summed E-state index contributed by atoms with van der Waals surface area (Å²) < 4.78 is 10.3. The van der Waals surface area contributed by atoms with E-state index in [1.54, 1.807) is 26.4 Å². The van der Waals surface area contributed by atoms with Crippen LogP contribution in [0.5, 0.6) is 11.5 Å². The molecular weight excluding hydrogens is 248 g/mol. The standard InChI is InChI=1S/C13H20N2O4/c1-17-11-5-4-10(8-12(11)18-2)9-13(16)15-6-3-7-19-14/h4-5,8H,3,6-7,9,14H2,1-2H3,(H,15,16). The van der Waals surface area contributed by atoms with Gasteiger partial charge >= 0.3 is 0 Å². The van der Waals surface area contributed by atoms with E-state index in [0.29, 0.717) is 37.5 Å². The molecule has 0 spiro atoms. The van der Waals surface area contributed by atoms with Gasteiger partial charge in [0.15, 0.2) is 11.5 Å². The Morgan fingerprint density at radius 3 is 2.63 bits per heavy atom. The summed E-state index contributed by atoms with van der Waals surface area (Å²) in [7, 11) is 3.14. The van der Waals surface area contributed by atoms with Crippen molar-refractivity contribution in [3.63, 3.8) is 0 Å². The average Bonchev–Trinajstić information content (AvgIpc) is 2.43. The molecule has 1 aromatic carbocycles. The van der Waals surface area contributed by atoms with Gasteiger partial charge in [-0.25, -0.2) is 5.90 Å². The number of amides is 1. The minimum Gasteiger partial charge on any atom is -0.493 e. The SMILES string of the molecule is COc1ccc(CC(=O)NCCCON)cc1OC. The Hall–Kier alpha value is -1.79. The van der Waals surface area contributed by atoms with Crippen molar-refractivity contribution < 1.29 is 19.1 Å². The molecule has 3 N–H and O–H groups in total. The van der Waals surface area contributed by atoms with Crippen LogP contribution in [0.3, 0.4) is 0 Å². The van der Waals surface area contributed by atoms with Crippen LogP contribution in [0.4, 0.5) is 0 Å². The minimum atomic E-state index is -0.0516. The lowest BCUT2D eigenvalue weighted by molar-refractivity contribution is -0.120. The van der Waals surface area contributed by atoms with Gasteiger partial charge in [0.25, 0.3) is 0 Å². The number of nitrogens with one attached hydrogen (secondary N) is 1. The van der Waals surface area contributed by atoms with Crippen molar-refractivity contribution in [2.75, 3.05) is 27.4 Å². The molecule has 0 fully saturated rings. The Kier molecular flexibility index (Phi) is 6.70. The highest BCUT2D eigenvalue weighted by Crippen LogP contribution is 2.27. The first-order valence-electron chi connectivity index (χ1n) is 6.00. The van der Waals surface area contributed by atoms with E-state index in [1.807, 2.05) is 6.07 Å². The number of hydrogen-bond donors (Lipinski definition) is 2. The van der Waals surface area contributed by atoms with E-state index < -0.39 is 0 Å². The highest BCUT2D eigenvalue weighted by Gasteiger charge is 2.07. The lowest BCUT2D eigenvalue weighted by Gasteiger charge is -2.09. The molecule has 6 heteroatoms. The molecule has 0 bridgehead atoms. The van der Waals surface area contributed by atoms with Crippen LogP contribution in [-0.2, 0) is 16.1 Å². The Balaban J connectivity index is 2.50. The molecule has 0 radical (unpaired) electrons. The van der Waals surface area contributed by atoms with Crippen LogP contribution in [-0.4, -0.2) is 33.3 Å². The van der Waals surface area contributed by atoms with E-state index in [4.69, 9.17) is 15.4 Å². The van der Waals surface area contributed by atoms with Gasteiger partial charge in [-0.15, -0.1) is 0 Å². The Morgan fingerprint density at radius 2 is 2.00 bits per heavy atom. The zero-order valence-electron chi connectivity index (χ0n) is 11.3. The third kappa shape index (κ3) is 5.15. The second kappa shape index (κ2) is 8.34. The topological polar surface area (TPSA) is 82.8 Å². The lowest BCUT2D eigenvalue weighted by atomic mass is 10.1. The molecule has 1 rings (SSSR count). The van der Waals surface area contributed by atoms with Crippen LogP contribution >= 0.6 is 0 Å². The molecule has 0 saturated heterocycles. The summed E-state index contributed by atoms with van der Waals surface area (Å²) in [6.45, 7) is 0.972. The van der Waals surface area contributed by atoms with Crippen molar-refractivity contribution in [1.29, 1.82) is 0 Å². The van der Waals surface area contributed by atoms with Gasteiger partial charge in [0.2, 0.25) is 5.91 Å². The van der Waals surface area contributed by atoms with Crippen molar-refractivity contribution in [2.24, 2.45) is 5.90 Å². The van der Waals surface area contributed by atoms with Gasteiger partial charge in [0.05, 0.1) is 27.2 Å². The molecule has 1 aromatic rings. The molecule has 19 heavy (non-hydrogen) atoms. The molecule has 0 aliphatic heterocycles. The highest BCUT2D eigenvalue weighted by molar-refractivity contribution is 5.78. The molecule has 0 aromatic heterocycles. The van der Waals surface area contributed by atoms with E-state index in [-0.39, 0.29) is 5.91 Å². The molecule has 0 saturated carbocycles. The van der Waals surface area contributed by atoms with Crippen molar-refractivity contribution in [2.45, 2.75) is 12.8 Å². The van der Waals surface area contributed by atoms with Gasteiger partial charge in [-0.05, 0) is 24.1 Å². The minimum absolute atomic E-state index is 0.0516. The molecule has 0 atom stereocenters. The third-order valence-electron chi connectivity index (χ3n) is 2.57. The number of carbonyl (C=O) groups is 1. The number of nitrogens with two attached hydrogens (primary N) is 1. The van der Waals surface area contributed by atoms with E-state index in [1.165, 1.54) is 0 Å². The monoisotopic (exact) mass is 268 g/mol. The van der Waals surface area contributed by atoms with Crippen molar-refractivity contribution in [3.8, 4) is 11.5 Å². The number of methoxy groups -OCH3 is 2. The largest absolute Gasteiger partial charge is 0.493 e. The smallest absolute Gasteiger partial charge is 0.224 e. The van der Waals surface area contributed by atoms with Crippen LogP contribution < -0.4 is 20.7 Å². The molecule has 6 nitrogen and oxygen atoms in total. The van der Waals surface area contributed by atoms with Crippen molar-refractivity contribution in [1.82, 2.24) is 5.32 Å². The van der Waals surface area contributed by atoms with Crippen molar-refractivity contribution >= 4 is 5.91 Å². The summed E-state index contributed by atoms with van der Waals surface area (Å²) in [6.07, 6.45) is 0.984. The molecule has 0 aliphatic rings. The third-order valence-corrected chi connectivity index (χ3v) is 2.57. The van der Waals surface area contributed by atoms with Crippen LogP contribution in [0.2, 0.25) is 0 Å². The van der Waals surface area contributed by atoms with Crippen LogP contribution in [0, 0.1) is 0 Å². The second-order valence-corrected chi connectivity index (χ2v) is 3.94. The summed E-state index contributed by atoms with van der Waals surface area (Å²) in [6, 6.07) is 5.41. The van der Waals surface area contributed by atoms with E-state index in [2.05, 4.69) is 10.2 Å². The Morgan fingerprint density at radius 1 is 1.26 bits per heavy atom. The molecular formula is C13H20N2O4. The predicted octanol–water partition coefficient (Wildman–Crippen LogP) is 0.643. The van der Waals surface area contributed by atoms with E-state index >= 15 is 0 Å². The first-order valence-corrected chi connectivity index (χ1v) is 6.00. The number of hydrogen-bond acceptors (Lipinski definition) is 5. The van der Waals surface area contributed by atoms with Crippen LogP contribution in [0.1, 0.15) is 12.0 Å². The fraction of sp³-hybridized carbons (Fsp3) is 0.462. The lowest BCUT2D eigenvalue weighted by Crippen LogP contribution is -2.27. The maximum atomic E-state index is 11.7. The van der Waals surface area contributed by atoms with E-state index in [9.17, 15) is 4.79 Å². The summed E-state index contributed by atoms with van der Waals surface area (Å²) >= 11 is 0. The molecule has 0 unspecified atom stereocenters. The molecule has 1 amide bonds. The Bertz CT molecular complexity index is 410. The predicted molar refractivity (Wildman–Crippen MR) is 71.0 cm³/mol. The van der Waals surface area contributed by atoms with Gasteiger partial charge < -0.3 is 19.6 Å². The number of rotatable bonds is 8. The molecule has 0 aliphatic carbocycles. The molecule has 0 heterocycles. The quantitative estimate of drug-likeness (QED) is 0.534. The first kappa shape index (κ1) is 15.3. The van der Waals surface area contributed by atoms with Gasteiger partial charge in [-0.2, -0.15) is 0 Å². The number of carbonyl (C=O) groups excluding carboxylic acids is 1. The summed E-state index contributed by atoms with van der Waals surface area (Å²) in [5, 5.41) is 2.79. The number of ether oxygens (including phenoxy) is 2. The number of benzene rings is 1. The van der Waals surface area contributed by atoms with Crippen molar-refractivity contribution in [3.05, 3.63) is 23.8 Å². The molecule has 106 valence electrons. The summed E-state index contributed by atoms with van der Waals surface area (Å²) in [4.78, 5) is 16.1. The normalized spacial score (nSPS) is 10.1. The highest BCUT2D eigenvalue weighted by atomic mass is 16.6. The Labute approximate surface area is 112 Å². The van der Waals surface area contributed by atoms with Gasteiger partial charge in [0.1, 0.15) is 0 Å².